The van der Waals surface area contributed by atoms with E-state index in [9.17, 15) is 0 Å². The van der Waals surface area contributed by atoms with Gasteiger partial charge in [-0.3, -0.25) is 9.97 Å². The fourth-order valence-electron chi connectivity index (χ4n) is 3.29. The van der Waals surface area contributed by atoms with Gasteiger partial charge in [0.15, 0.2) is 0 Å². The van der Waals surface area contributed by atoms with Gasteiger partial charge in [-0.25, -0.2) is 0 Å². The summed E-state index contributed by atoms with van der Waals surface area (Å²) in [4.78, 5) is 11.4. The van der Waals surface area contributed by atoms with E-state index in [-0.39, 0.29) is 0 Å². The first-order chi connectivity index (χ1) is 11.8. The average molecular weight is 326 g/mol. The number of nitrogens with zero attached hydrogens (tertiary/aromatic N) is 2. The van der Waals surface area contributed by atoms with Crippen LogP contribution in [-0.2, 0) is 0 Å². The van der Waals surface area contributed by atoms with E-state index in [0.717, 1.165) is 11.0 Å². The number of aryl methyl sites for hydroxylation is 1. The number of thiophene rings is 1. The lowest BCUT2D eigenvalue weighted by Crippen LogP contribution is -1.82. The summed E-state index contributed by atoms with van der Waals surface area (Å²) in [5.41, 5.74) is 3.22. The summed E-state index contributed by atoms with van der Waals surface area (Å²) < 4.78 is 0. The molecule has 3 heteroatoms. The van der Waals surface area contributed by atoms with E-state index < -0.39 is 0 Å². The Bertz CT molecular complexity index is 1220. The molecule has 0 aliphatic heterocycles. The molecule has 2 nitrogen and oxygen atoms in total. The van der Waals surface area contributed by atoms with Gasteiger partial charge in [0.2, 0.25) is 0 Å². The van der Waals surface area contributed by atoms with E-state index in [1.807, 2.05) is 0 Å². The van der Waals surface area contributed by atoms with Crippen molar-refractivity contribution in [1.29, 1.82) is 0 Å². The van der Waals surface area contributed by atoms with Crippen LogP contribution in [0.3, 0.4) is 0 Å². The van der Waals surface area contributed by atoms with Crippen molar-refractivity contribution in [2.24, 2.45) is 0 Å². The SMILES string of the molecule is Cc1sc(-c2ccc3cc4ccccc4cc3c2)c2nccnc12. The summed E-state index contributed by atoms with van der Waals surface area (Å²) in [6.45, 7) is 2.11. The van der Waals surface area contributed by atoms with Gasteiger partial charge in [-0.15, -0.1) is 11.3 Å². The third-order valence-corrected chi connectivity index (χ3v) is 5.60. The van der Waals surface area contributed by atoms with E-state index in [1.54, 1.807) is 23.7 Å². The number of hydrogen-bond acceptors (Lipinski definition) is 3. The molecule has 0 unspecified atom stereocenters. The third-order valence-electron chi connectivity index (χ3n) is 4.47. The van der Waals surface area contributed by atoms with Crippen molar-refractivity contribution in [2.75, 3.05) is 0 Å². The van der Waals surface area contributed by atoms with Gasteiger partial charge in [-0.2, -0.15) is 0 Å². The Morgan fingerprint density at radius 2 is 1.38 bits per heavy atom. The Labute approximate surface area is 143 Å². The van der Waals surface area contributed by atoms with Crippen LogP contribution in [-0.4, -0.2) is 9.97 Å². The summed E-state index contributed by atoms with van der Waals surface area (Å²) >= 11 is 1.77. The molecule has 0 atom stereocenters. The molecular formula is C21H14N2S. The van der Waals surface area contributed by atoms with Gasteiger partial charge in [-0.1, -0.05) is 36.4 Å². The number of hydrogen-bond donors (Lipinski definition) is 0. The molecular weight excluding hydrogens is 312 g/mol. The zero-order valence-corrected chi connectivity index (χ0v) is 14.0. The van der Waals surface area contributed by atoms with Gasteiger partial charge >= 0.3 is 0 Å². The molecule has 0 aliphatic carbocycles. The van der Waals surface area contributed by atoms with Crippen LogP contribution in [0.1, 0.15) is 4.88 Å². The summed E-state index contributed by atoms with van der Waals surface area (Å²) in [6, 6.07) is 19.7. The summed E-state index contributed by atoms with van der Waals surface area (Å²) in [7, 11) is 0. The zero-order chi connectivity index (χ0) is 16.1. The summed E-state index contributed by atoms with van der Waals surface area (Å²) in [5.74, 6) is 0. The Balaban J connectivity index is 1.78. The molecule has 5 rings (SSSR count). The van der Waals surface area contributed by atoms with Crippen LogP contribution >= 0.6 is 11.3 Å². The molecule has 2 aromatic heterocycles. The van der Waals surface area contributed by atoms with E-state index in [1.165, 1.54) is 36.9 Å². The average Bonchev–Trinajstić information content (AvgIpc) is 2.97. The van der Waals surface area contributed by atoms with E-state index in [0.29, 0.717) is 0 Å². The molecule has 0 N–H and O–H groups in total. The van der Waals surface area contributed by atoms with Crippen LogP contribution in [0.15, 0.2) is 67.0 Å². The highest BCUT2D eigenvalue weighted by Crippen LogP contribution is 2.37. The van der Waals surface area contributed by atoms with Gasteiger partial charge in [0.25, 0.3) is 0 Å². The van der Waals surface area contributed by atoms with Crippen molar-refractivity contribution in [2.45, 2.75) is 6.92 Å². The number of benzene rings is 3. The quantitative estimate of drug-likeness (QED) is 0.354. The Kier molecular flexibility index (Phi) is 2.91. The largest absolute Gasteiger partial charge is 0.252 e. The molecule has 0 aliphatic rings. The Hall–Kier alpha value is -2.78. The van der Waals surface area contributed by atoms with Crippen molar-refractivity contribution in [3.05, 3.63) is 71.9 Å². The predicted octanol–water partition coefficient (Wildman–Crippen LogP) is 5.97. The van der Waals surface area contributed by atoms with Crippen molar-refractivity contribution < 1.29 is 0 Å². The molecule has 3 aromatic carbocycles. The maximum absolute atomic E-state index is 4.56. The minimum absolute atomic E-state index is 1.00. The highest BCUT2D eigenvalue weighted by molar-refractivity contribution is 7.17. The second-order valence-corrected chi connectivity index (χ2v) is 7.23. The molecule has 0 spiro atoms. The van der Waals surface area contributed by atoms with Crippen molar-refractivity contribution in [3.63, 3.8) is 0 Å². The lowest BCUT2D eigenvalue weighted by Gasteiger charge is -2.05. The number of rotatable bonds is 1. The van der Waals surface area contributed by atoms with Gasteiger partial charge in [0, 0.05) is 17.3 Å². The monoisotopic (exact) mass is 326 g/mol. The molecule has 0 saturated carbocycles. The van der Waals surface area contributed by atoms with Crippen molar-refractivity contribution >= 4 is 43.9 Å². The van der Waals surface area contributed by atoms with Gasteiger partial charge in [0.05, 0.1) is 4.88 Å². The van der Waals surface area contributed by atoms with Crippen molar-refractivity contribution in [3.8, 4) is 10.4 Å². The smallest absolute Gasteiger partial charge is 0.108 e. The molecule has 2 heterocycles. The first kappa shape index (κ1) is 13.6. The second kappa shape index (κ2) is 5.11. The van der Waals surface area contributed by atoms with Crippen LogP contribution < -0.4 is 0 Å². The van der Waals surface area contributed by atoms with Crippen molar-refractivity contribution in [1.82, 2.24) is 9.97 Å². The lowest BCUT2D eigenvalue weighted by atomic mass is 10.0. The lowest BCUT2D eigenvalue weighted by molar-refractivity contribution is 1.30. The topological polar surface area (TPSA) is 25.8 Å². The van der Waals surface area contributed by atoms with Crippen LogP contribution in [0.4, 0.5) is 0 Å². The first-order valence-electron chi connectivity index (χ1n) is 7.93. The number of aromatic nitrogens is 2. The minimum Gasteiger partial charge on any atom is -0.252 e. The normalized spacial score (nSPS) is 11.5. The van der Waals surface area contributed by atoms with E-state index in [2.05, 4.69) is 71.5 Å². The minimum atomic E-state index is 1.00. The fraction of sp³-hybridized carbons (Fsp3) is 0.0476. The van der Waals surface area contributed by atoms with Gasteiger partial charge < -0.3 is 0 Å². The molecule has 0 amide bonds. The Morgan fingerprint density at radius 1 is 0.708 bits per heavy atom. The molecule has 0 bridgehead atoms. The second-order valence-electron chi connectivity index (χ2n) is 6.00. The fourth-order valence-corrected chi connectivity index (χ4v) is 4.33. The standard InChI is InChI=1S/C21H14N2S/c1-13-19-20(23-9-8-22-19)21(24-13)17-7-6-16-10-14-4-2-3-5-15(14)11-18(16)12-17/h2-12H,1H3. The third kappa shape index (κ3) is 2.02. The summed E-state index contributed by atoms with van der Waals surface area (Å²) in [6.07, 6.45) is 3.53. The Morgan fingerprint density at radius 3 is 2.17 bits per heavy atom. The highest BCUT2D eigenvalue weighted by atomic mass is 32.1. The van der Waals surface area contributed by atoms with Gasteiger partial charge in [0.1, 0.15) is 11.0 Å². The van der Waals surface area contributed by atoms with Crippen LogP contribution in [0.25, 0.3) is 43.0 Å². The highest BCUT2D eigenvalue weighted by Gasteiger charge is 2.12. The number of fused-ring (bicyclic) bond motifs is 3. The molecule has 5 aromatic rings. The summed E-state index contributed by atoms with van der Waals surface area (Å²) in [5, 5.41) is 5.07. The van der Waals surface area contributed by atoms with E-state index >= 15 is 0 Å². The molecule has 24 heavy (non-hydrogen) atoms. The predicted molar refractivity (Wildman–Crippen MR) is 103 cm³/mol. The molecule has 0 radical (unpaired) electrons. The zero-order valence-electron chi connectivity index (χ0n) is 13.2. The van der Waals surface area contributed by atoms with Crippen LogP contribution in [0, 0.1) is 6.92 Å². The molecule has 0 saturated heterocycles. The van der Waals surface area contributed by atoms with Gasteiger partial charge in [-0.05, 0) is 52.2 Å². The first-order valence-corrected chi connectivity index (χ1v) is 8.74. The molecule has 0 fully saturated rings. The maximum Gasteiger partial charge on any atom is 0.108 e. The maximum atomic E-state index is 4.56. The van der Waals surface area contributed by atoms with E-state index in [4.69, 9.17) is 0 Å². The van der Waals surface area contributed by atoms with Crippen LogP contribution in [0.2, 0.25) is 0 Å². The van der Waals surface area contributed by atoms with Crippen LogP contribution in [0.5, 0.6) is 0 Å². The molecule has 114 valence electrons.